The average molecular weight is 311 g/mol. The van der Waals surface area contributed by atoms with Crippen LogP contribution >= 0.6 is 0 Å². The zero-order valence-electron chi connectivity index (χ0n) is 12.4. The third kappa shape index (κ3) is 1.85. The zero-order chi connectivity index (χ0) is 15.5. The largest absolute Gasteiger partial charge is 0.390 e. The highest BCUT2D eigenvalue weighted by Gasteiger charge is 2.65. The van der Waals surface area contributed by atoms with Gasteiger partial charge in [0, 0.05) is 12.6 Å². The van der Waals surface area contributed by atoms with Crippen molar-refractivity contribution in [3.63, 3.8) is 0 Å². The van der Waals surface area contributed by atoms with E-state index < -0.39 is 15.4 Å². The van der Waals surface area contributed by atoms with Crippen LogP contribution in [0.25, 0.3) is 0 Å². The summed E-state index contributed by atoms with van der Waals surface area (Å²) in [5, 5.41) is 9.26. The molecule has 2 fully saturated rings. The zero-order valence-corrected chi connectivity index (χ0v) is 13.2. The lowest BCUT2D eigenvalue weighted by atomic mass is 9.70. The number of rotatable bonds is 4. The predicted octanol–water partition coefficient (Wildman–Crippen LogP) is 1.55. The second-order valence-corrected chi connectivity index (χ2v) is 8.72. The highest BCUT2D eigenvalue weighted by atomic mass is 32.2. The van der Waals surface area contributed by atoms with E-state index in [-0.39, 0.29) is 23.6 Å². The maximum Gasteiger partial charge on any atom is 0.239 e. The quantitative estimate of drug-likeness (QED) is 0.915. The van der Waals surface area contributed by atoms with Gasteiger partial charge in [0.2, 0.25) is 10.0 Å². The highest BCUT2D eigenvalue weighted by molar-refractivity contribution is 7.90. The van der Waals surface area contributed by atoms with E-state index in [1.807, 2.05) is 13.8 Å². The Labute approximate surface area is 125 Å². The molecule has 0 spiro atoms. The number of nitrogens with zero attached hydrogens (tertiary/aromatic N) is 1. The molecule has 2 bridgehead atoms. The van der Waals surface area contributed by atoms with Crippen molar-refractivity contribution in [2.45, 2.75) is 39.7 Å². The first kappa shape index (κ1) is 14.8. The van der Waals surface area contributed by atoms with Gasteiger partial charge in [-0.3, -0.25) is 4.79 Å². The van der Waals surface area contributed by atoms with Crippen molar-refractivity contribution in [2.24, 2.45) is 16.7 Å². The third-order valence-electron chi connectivity index (χ3n) is 5.82. The normalized spacial score (nSPS) is 31.0. The van der Waals surface area contributed by atoms with Crippen LogP contribution in [0.5, 0.6) is 0 Å². The Bertz CT molecular complexity index is 688. The van der Waals surface area contributed by atoms with E-state index in [2.05, 4.69) is 0 Å². The fourth-order valence-corrected chi connectivity index (χ4v) is 6.46. The highest BCUT2D eigenvalue weighted by Crippen LogP contribution is 2.64. The Morgan fingerprint density at radius 1 is 1.43 bits per heavy atom. The first-order valence-electron chi connectivity index (χ1n) is 7.28. The molecule has 0 aliphatic heterocycles. The Morgan fingerprint density at radius 2 is 2.14 bits per heavy atom. The summed E-state index contributed by atoms with van der Waals surface area (Å²) in [6.45, 7) is 3.71. The van der Waals surface area contributed by atoms with Gasteiger partial charge in [-0.15, -0.1) is 0 Å². The molecular formula is C15H21NO4S. The molecule has 0 unspecified atom stereocenters. The molecule has 116 valence electrons. The SMILES string of the molecule is CC1(C)[C@@H]2CC[C@@]1(CS(=O)(=O)n1cccc1CO)C(=O)C2. The summed E-state index contributed by atoms with van der Waals surface area (Å²) in [6, 6.07) is 3.17. The molecule has 0 radical (unpaired) electrons. The summed E-state index contributed by atoms with van der Waals surface area (Å²) in [4.78, 5) is 12.5. The number of aliphatic hydroxyl groups is 1. The number of aliphatic hydroxyl groups excluding tert-OH is 1. The van der Waals surface area contributed by atoms with Gasteiger partial charge < -0.3 is 5.11 Å². The average Bonchev–Trinajstić information content (AvgIpc) is 3.01. The van der Waals surface area contributed by atoms with Crippen LogP contribution in [0.15, 0.2) is 18.3 Å². The number of fused-ring (bicyclic) bond motifs is 2. The predicted molar refractivity (Wildman–Crippen MR) is 78.1 cm³/mol. The molecule has 1 heterocycles. The Hall–Kier alpha value is -1.14. The van der Waals surface area contributed by atoms with E-state index in [0.717, 1.165) is 10.4 Å². The minimum absolute atomic E-state index is 0.0880. The standard InChI is InChI=1S/C15H21NO4S/c1-14(2)11-5-6-15(14,13(18)8-11)10-21(19,20)16-7-3-4-12(16)9-17/h3-4,7,11,17H,5-6,8-10H2,1-2H3/t11-,15-/m1/s1. The van der Waals surface area contributed by atoms with Crippen molar-refractivity contribution in [3.8, 4) is 0 Å². The summed E-state index contributed by atoms with van der Waals surface area (Å²) >= 11 is 0. The van der Waals surface area contributed by atoms with E-state index in [1.165, 1.54) is 6.20 Å². The number of carbonyl (C=O) groups excluding carboxylic acids is 1. The minimum atomic E-state index is -3.66. The lowest BCUT2D eigenvalue weighted by Crippen LogP contribution is -2.43. The smallest absolute Gasteiger partial charge is 0.239 e. The van der Waals surface area contributed by atoms with Crippen molar-refractivity contribution < 1.29 is 18.3 Å². The van der Waals surface area contributed by atoms with Crippen LogP contribution in [-0.2, 0) is 21.4 Å². The number of carbonyl (C=O) groups is 1. The van der Waals surface area contributed by atoms with Crippen LogP contribution in [0.2, 0.25) is 0 Å². The summed E-state index contributed by atoms with van der Waals surface area (Å²) in [6.07, 6.45) is 3.52. The lowest BCUT2D eigenvalue weighted by Gasteiger charge is -2.36. The lowest BCUT2D eigenvalue weighted by molar-refractivity contribution is -0.128. The summed E-state index contributed by atoms with van der Waals surface area (Å²) in [7, 11) is -3.66. The van der Waals surface area contributed by atoms with Crippen molar-refractivity contribution in [1.82, 2.24) is 3.97 Å². The fraction of sp³-hybridized carbons (Fsp3) is 0.667. The molecule has 2 atom stereocenters. The molecule has 2 aliphatic carbocycles. The van der Waals surface area contributed by atoms with Crippen molar-refractivity contribution in [3.05, 3.63) is 24.0 Å². The van der Waals surface area contributed by atoms with Crippen LogP contribution in [0, 0.1) is 16.7 Å². The van der Waals surface area contributed by atoms with Gasteiger partial charge in [-0.05, 0) is 36.3 Å². The molecular weight excluding hydrogens is 290 g/mol. The van der Waals surface area contributed by atoms with Gasteiger partial charge in [-0.1, -0.05) is 13.8 Å². The second kappa shape index (κ2) is 4.43. The molecule has 1 aromatic rings. The van der Waals surface area contributed by atoms with Crippen molar-refractivity contribution >= 4 is 15.8 Å². The molecule has 5 nitrogen and oxygen atoms in total. The number of aromatic nitrogens is 1. The monoisotopic (exact) mass is 311 g/mol. The summed E-state index contributed by atoms with van der Waals surface area (Å²) < 4.78 is 26.6. The van der Waals surface area contributed by atoms with E-state index in [0.29, 0.717) is 24.5 Å². The fourth-order valence-electron chi connectivity index (χ4n) is 4.28. The molecule has 2 aliphatic rings. The first-order chi connectivity index (χ1) is 9.74. The van der Waals surface area contributed by atoms with Crippen LogP contribution in [0.1, 0.15) is 38.8 Å². The minimum Gasteiger partial charge on any atom is -0.390 e. The van der Waals surface area contributed by atoms with Gasteiger partial charge in [0.1, 0.15) is 5.78 Å². The number of hydrogen-bond donors (Lipinski definition) is 1. The molecule has 21 heavy (non-hydrogen) atoms. The Kier molecular flexibility index (Phi) is 3.12. The van der Waals surface area contributed by atoms with E-state index in [1.54, 1.807) is 12.1 Å². The number of ketones is 1. The van der Waals surface area contributed by atoms with E-state index in [4.69, 9.17) is 0 Å². The van der Waals surface area contributed by atoms with Gasteiger partial charge in [-0.2, -0.15) is 0 Å². The Balaban J connectivity index is 2.01. The molecule has 1 N–H and O–H groups in total. The van der Waals surface area contributed by atoms with Crippen molar-refractivity contribution in [2.75, 3.05) is 5.75 Å². The first-order valence-corrected chi connectivity index (χ1v) is 8.89. The third-order valence-corrected chi connectivity index (χ3v) is 7.64. The maximum absolute atomic E-state index is 12.7. The molecule has 1 aromatic heterocycles. The number of hydrogen-bond acceptors (Lipinski definition) is 4. The van der Waals surface area contributed by atoms with E-state index in [9.17, 15) is 18.3 Å². The van der Waals surface area contributed by atoms with E-state index >= 15 is 0 Å². The topological polar surface area (TPSA) is 76.4 Å². The Morgan fingerprint density at radius 3 is 2.67 bits per heavy atom. The van der Waals surface area contributed by atoms with Crippen molar-refractivity contribution in [1.29, 1.82) is 0 Å². The van der Waals surface area contributed by atoms with Gasteiger partial charge in [-0.25, -0.2) is 12.4 Å². The van der Waals surface area contributed by atoms with Crippen LogP contribution in [0.3, 0.4) is 0 Å². The van der Waals surface area contributed by atoms with Crippen LogP contribution < -0.4 is 0 Å². The molecule has 3 rings (SSSR count). The molecule has 0 saturated heterocycles. The van der Waals surface area contributed by atoms with Crippen LogP contribution in [-0.4, -0.2) is 29.0 Å². The second-order valence-electron chi connectivity index (χ2n) is 6.88. The van der Waals surface area contributed by atoms with Gasteiger partial charge in [0.15, 0.2) is 0 Å². The molecule has 2 saturated carbocycles. The van der Waals surface area contributed by atoms with Crippen LogP contribution in [0.4, 0.5) is 0 Å². The molecule has 0 amide bonds. The maximum atomic E-state index is 12.7. The molecule has 0 aromatic carbocycles. The molecule has 6 heteroatoms. The van der Waals surface area contributed by atoms with Gasteiger partial charge >= 0.3 is 0 Å². The summed E-state index contributed by atoms with van der Waals surface area (Å²) in [5.74, 6) is 0.219. The summed E-state index contributed by atoms with van der Waals surface area (Å²) in [5.41, 5.74) is -0.707. The van der Waals surface area contributed by atoms with Gasteiger partial charge in [0.25, 0.3) is 0 Å². The number of Topliss-reactive ketones (excluding diaryl/α,β-unsaturated/α-hetero) is 1. The van der Waals surface area contributed by atoms with Gasteiger partial charge in [0.05, 0.1) is 23.5 Å².